The van der Waals surface area contributed by atoms with Gasteiger partial charge in [0.25, 0.3) is 0 Å². The molecule has 1 aliphatic rings. The number of hydrogen-bond donors (Lipinski definition) is 1. The van der Waals surface area contributed by atoms with E-state index in [0.717, 1.165) is 25.4 Å². The Morgan fingerprint density at radius 3 is 2.53 bits per heavy atom. The van der Waals surface area contributed by atoms with Crippen molar-refractivity contribution in [3.63, 3.8) is 0 Å². The molecule has 0 spiro atoms. The van der Waals surface area contributed by atoms with Crippen LogP contribution in [0.4, 0.5) is 0 Å². The highest BCUT2D eigenvalue weighted by molar-refractivity contribution is 5.26. The number of hydrogen-bond acceptors (Lipinski definition) is 2. The molecule has 2 nitrogen and oxygen atoms in total. The molecule has 1 N–H and O–H groups in total. The van der Waals surface area contributed by atoms with Crippen LogP contribution in [0, 0.1) is 5.92 Å². The van der Waals surface area contributed by atoms with Crippen LogP contribution in [0.25, 0.3) is 0 Å². The summed E-state index contributed by atoms with van der Waals surface area (Å²) in [7, 11) is 2.23. The van der Waals surface area contributed by atoms with Gasteiger partial charge in [-0.05, 0) is 69.4 Å². The van der Waals surface area contributed by atoms with Crippen LogP contribution in [0.5, 0.6) is 0 Å². The van der Waals surface area contributed by atoms with Gasteiger partial charge >= 0.3 is 0 Å². The van der Waals surface area contributed by atoms with Crippen LogP contribution in [0.2, 0.25) is 0 Å². The van der Waals surface area contributed by atoms with Gasteiger partial charge in [0.1, 0.15) is 0 Å². The zero-order valence-corrected chi connectivity index (χ0v) is 12.5. The van der Waals surface area contributed by atoms with E-state index in [1.54, 1.807) is 0 Å². The van der Waals surface area contributed by atoms with Gasteiger partial charge in [0, 0.05) is 6.54 Å². The molecule has 2 heteroatoms. The number of rotatable bonds is 6. The molecule has 0 amide bonds. The van der Waals surface area contributed by atoms with Crippen molar-refractivity contribution >= 4 is 0 Å². The first-order valence-corrected chi connectivity index (χ1v) is 7.75. The summed E-state index contributed by atoms with van der Waals surface area (Å²) in [5.41, 5.74) is 2.95. The molecule has 0 aliphatic carbocycles. The molecule has 1 saturated heterocycles. The van der Waals surface area contributed by atoms with E-state index in [9.17, 15) is 0 Å². The predicted octanol–water partition coefficient (Wildman–Crippen LogP) is 3.07. The van der Waals surface area contributed by atoms with E-state index in [1.165, 1.54) is 43.5 Å². The van der Waals surface area contributed by atoms with E-state index in [2.05, 4.69) is 48.5 Å². The Hall–Kier alpha value is -0.860. The maximum atomic E-state index is 3.62. The second kappa shape index (κ2) is 7.66. The molecule has 0 bridgehead atoms. The average Bonchev–Trinajstić information content (AvgIpc) is 2.46. The van der Waals surface area contributed by atoms with Crippen molar-refractivity contribution in [1.82, 2.24) is 10.2 Å². The van der Waals surface area contributed by atoms with Crippen LogP contribution in [0.15, 0.2) is 24.3 Å². The highest BCUT2D eigenvalue weighted by Gasteiger charge is 2.15. The molecule has 1 aliphatic heterocycles. The Bertz CT molecular complexity index is 367. The number of piperidine rings is 1. The molecule has 1 heterocycles. The summed E-state index contributed by atoms with van der Waals surface area (Å²) >= 11 is 0. The zero-order chi connectivity index (χ0) is 13.5. The van der Waals surface area contributed by atoms with Gasteiger partial charge in [0.05, 0.1) is 0 Å². The highest BCUT2D eigenvalue weighted by Crippen LogP contribution is 2.18. The van der Waals surface area contributed by atoms with Crippen molar-refractivity contribution in [3.8, 4) is 0 Å². The lowest BCUT2D eigenvalue weighted by atomic mass is 9.94. The zero-order valence-electron chi connectivity index (χ0n) is 12.5. The van der Waals surface area contributed by atoms with E-state index < -0.39 is 0 Å². The molecule has 0 unspecified atom stereocenters. The number of nitrogens with zero attached hydrogens (tertiary/aromatic N) is 1. The fourth-order valence-electron chi connectivity index (χ4n) is 2.95. The summed E-state index contributed by atoms with van der Waals surface area (Å²) in [6.07, 6.45) is 5.22. The van der Waals surface area contributed by atoms with E-state index in [1.807, 2.05) is 0 Å². The molecule has 1 aromatic carbocycles. The third-order valence-corrected chi connectivity index (χ3v) is 4.38. The van der Waals surface area contributed by atoms with Crippen LogP contribution in [-0.4, -0.2) is 31.6 Å². The van der Waals surface area contributed by atoms with Crippen molar-refractivity contribution in [2.24, 2.45) is 5.92 Å². The first kappa shape index (κ1) is 14.5. The Labute approximate surface area is 118 Å². The van der Waals surface area contributed by atoms with Crippen LogP contribution >= 0.6 is 0 Å². The largest absolute Gasteiger partial charge is 0.313 e. The summed E-state index contributed by atoms with van der Waals surface area (Å²) in [5, 5.41) is 3.62. The van der Waals surface area contributed by atoms with Crippen LogP contribution < -0.4 is 5.32 Å². The van der Waals surface area contributed by atoms with Crippen molar-refractivity contribution in [2.75, 3.05) is 26.7 Å². The van der Waals surface area contributed by atoms with Gasteiger partial charge in [0.15, 0.2) is 0 Å². The lowest BCUT2D eigenvalue weighted by molar-refractivity contribution is 0.211. The number of aryl methyl sites for hydroxylation is 1. The quantitative estimate of drug-likeness (QED) is 0.791. The van der Waals surface area contributed by atoms with E-state index in [0.29, 0.717) is 0 Å². The van der Waals surface area contributed by atoms with Gasteiger partial charge in [-0.1, -0.05) is 31.2 Å². The van der Waals surface area contributed by atoms with Crippen LogP contribution in [0.1, 0.15) is 37.3 Å². The van der Waals surface area contributed by atoms with Gasteiger partial charge in [-0.2, -0.15) is 0 Å². The summed E-state index contributed by atoms with van der Waals surface area (Å²) in [5.74, 6) is 0.935. The number of nitrogens with one attached hydrogen (secondary N) is 1. The monoisotopic (exact) mass is 260 g/mol. The predicted molar refractivity (Wildman–Crippen MR) is 82.4 cm³/mol. The average molecular weight is 260 g/mol. The van der Waals surface area contributed by atoms with Crippen molar-refractivity contribution in [1.29, 1.82) is 0 Å². The minimum Gasteiger partial charge on any atom is -0.313 e. The fourth-order valence-corrected chi connectivity index (χ4v) is 2.95. The standard InChI is InChI=1S/C17H28N2/c1-3-16-6-4-5-7-17(16)14-18-11-8-15-9-12-19(2)13-10-15/h4-7,15,18H,3,8-14H2,1-2H3. The second-order valence-electron chi connectivity index (χ2n) is 5.83. The summed E-state index contributed by atoms with van der Waals surface area (Å²) in [6, 6.07) is 8.78. The van der Waals surface area contributed by atoms with Gasteiger partial charge in [-0.25, -0.2) is 0 Å². The SMILES string of the molecule is CCc1ccccc1CNCCC1CCN(C)CC1. The first-order valence-electron chi connectivity index (χ1n) is 7.75. The Balaban J connectivity index is 1.66. The Morgan fingerprint density at radius 2 is 1.84 bits per heavy atom. The molecule has 0 saturated carbocycles. The van der Waals surface area contributed by atoms with Crippen molar-refractivity contribution < 1.29 is 0 Å². The third kappa shape index (κ3) is 4.63. The number of benzene rings is 1. The topological polar surface area (TPSA) is 15.3 Å². The minimum absolute atomic E-state index is 0.935. The fraction of sp³-hybridized carbons (Fsp3) is 0.647. The number of likely N-dealkylation sites (tertiary alicyclic amines) is 1. The molecule has 0 atom stereocenters. The smallest absolute Gasteiger partial charge is 0.0208 e. The third-order valence-electron chi connectivity index (χ3n) is 4.38. The maximum Gasteiger partial charge on any atom is 0.0208 e. The van der Waals surface area contributed by atoms with Crippen molar-refractivity contribution in [3.05, 3.63) is 35.4 Å². The van der Waals surface area contributed by atoms with Gasteiger partial charge in [0.2, 0.25) is 0 Å². The van der Waals surface area contributed by atoms with Gasteiger partial charge in [-0.3, -0.25) is 0 Å². The maximum absolute atomic E-state index is 3.62. The molecule has 19 heavy (non-hydrogen) atoms. The Morgan fingerprint density at radius 1 is 1.16 bits per heavy atom. The molecule has 2 rings (SSSR count). The summed E-state index contributed by atoms with van der Waals surface area (Å²) in [4.78, 5) is 2.45. The molecule has 106 valence electrons. The lowest BCUT2D eigenvalue weighted by Crippen LogP contribution is -2.31. The molecular weight excluding hydrogens is 232 g/mol. The molecule has 1 fully saturated rings. The first-order chi connectivity index (χ1) is 9.29. The molecule has 0 aromatic heterocycles. The second-order valence-corrected chi connectivity index (χ2v) is 5.83. The molecule has 0 radical (unpaired) electrons. The van der Waals surface area contributed by atoms with Gasteiger partial charge in [-0.15, -0.1) is 0 Å². The molecular formula is C17H28N2. The minimum atomic E-state index is 0.935. The van der Waals surface area contributed by atoms with Crippen molar-refractivity contribution in [2.45, 2.75) is 39.2 Å². The Kier molecular flexibility index (Phi) is 5.87. The summed E-state index contributed by atoms with van der Waals surface area (Å²) in [6.45, 7) is 6.98. The van der Waals surface area contributed by atoms with Gasteiger partial charge < -0.3 is 10.2 Å². The van der Waals surface area contributed by atoms with E-state index in [-0.39, 0.29) is 0 Å². The van der Waals surface area contributed by atoms with E-state index >= 15 is 0 Å². The molecule has 1 aromatic rings. The highest BCUT2D eigenvalue weighted by atomic mass is 15.1. The van der Waals surface area contributed by atoms with Crippen LogP contribution in [0.3, 0.4) is 0 Å². The summed E-state index contributed by atoms with van der Waals surface area (Å²) < 4.78 is 0. The van der Waals surface area contributed by atoms with Crippen LogP contribution in [-0.2, 0) is 13.0 Å². The normalized spacial score (nSPS) is 17.8. The van der Waals surface area contributed by atoms with E-state index in [4.69, 9.17) is 0 Å². The lowest BCUT2D eigenvalue weighted by Gasteiger charge is -2.28.